The van der Waals surface area contributed by atoms with Crippen molar-refractivity contribution in [3.05, 3.63) is 41.6 Å². The van der Waals surface area contributed by atoms with Gasteiger partial charge in [-0.05, 0) is 24.6 Å². The van der Waals surface area contributed by atoms with Gasteiger partial charge in [0.05, 0.1) is 7.11 Å². The van der Waals surface area contributed by atoms with E-state index in [0.717, 1.165) is 5.56 Å². The second-order valence-corrected chi connectivity index (χ2v) is 4.24. The number of nitrogens with two attached hydrogens (primary N) is 2. The van der Waals surface area contributed by atoms with Gasteiger partial charge in [0.25, 0.3) is 0 Å². The van der Waals surface area contributed by atoms with Crippen LogP contribution in [0.5, 0.6) is 17.4 Å². The Kier molecular flexibility index (Phi) is 3.74. The molecule has 1 amide bonds. The summed E-state index contributed by atoms with van der Waals surface area (Å²) in [6.07, 6.45) is 1.61. The quantitative estimate of drug-likeness (QED) is 0.885. The van der Waals surface area contributed by atoms with Crippen LogP contribution >= 0.6 is 0 Å². The third-order valence-electron chi connectivity index (χ3n) is 2.74. The predicted molar refractivity (Wildman–Crippen MR) is 75.0 cm³/mol. The smallest absolute Gasteiger partial charge is 0.248 e. The van der Waals surface area contributed by atoms with Crippen LogP contribution in [0.2, 0.25) is 0 Å². The molecule has 6 heteroatoms. The Balaban J connectivity index is 2.34. The average molecular weight is 273 g/mol. The lowest BCUT2D eigenvalue weighted by Crippen LogP contribution is -2.11. The number of hydrogen-bond donors (Lipinski definition) is 2. The first-order valence-corrected chi connectivity index (χ1v) is 5.88. The number of primary amides is 1. The number of carbonyl (C=O) groups excluding carboxylic acids is 1. The molecule has 0 spiro atoms. The fourth-order valence-electron chi connectivity index (χ4n) is 1.59. The maximum atomic E-state index is 11.2. The average Bonchev–Trinajstić information content (AvgIpc) is 2.42. The Morgan fingerprint density at radius 3 is 2.50 bits per heavy atom. The molecule has 0 saturated heterocycles. The van der Waals surface area contributed by atoms with Gasteiger partial charge in [-0.25, -0.2) is 4.98 Å². The molecule has 6 nitrogen and oxygen atoms in total. The monoisotopic (exact) mass is 273 g/mol. The first kappa shape index (κ1) is 13.7. The van der Waals surface area contributed by atoms with Crippen LogP contribution in [-0.2, 0) is 0 Å². The van der Waals surface area contributed by atoms with Crippen LogP contribution in [0.3, 0.4) is 0 Å². The molecule has 1 heterocycles. The molecule has 0 aliphatic rings. The van der Waals surface area contributed by atoms with Gasteiger partial charge >= 0.3 is 0 Å². The van der Waals surface area contributed by atoms with Gasteiger partial charge in [-0.1, -0.05) is 0 Å². The zero-order valence-electron chi connectivity index (χ0n) is 11.2. The van der Waals surface area contributed by atoms with Crippen LogP contribution in [0.15, 0.2) is 30.5 Å². The minimum Gasteiger partial charge on any atom is -0.497 e. The predicted octanol–water partition coefficient (Wildman–Crippen LogP) is 1.87. The molecule has 0 bridgehead atoms. The molecule has 2 aromatic rings. The first-order valence-electron chi connectivity index (χ1n) is 5.88. The molecule has 0 unspecified atom stereocenters. The van der Waals surface area contributed by atoms with Crippen molar-refractivity contribution in [1.82, 2.24) is 4.98 Å². The Labute approximate surface area is 116 Å². The Hall–Kier alpha value is -2.76. The molecule has 0 radical (unpaired) electrons. The van der Waals surface area contributed by atoms with Crippen LogP contribution in [0.25, 0.3) is 0 Å². The van der Waals surface area contributed by atoms with E-state index in [4.69, 9.17) is 20.9 Å². The Bertz CT molecular complexity index is 656. The molecule has 0 saturated carbocycles. The normalized spacial score (nSPS) is 10.1. The van der Waals surface area contributed by atoms with Crippen molar-refractivity contribution in [2.24, 2.45) is 5.73 Å². The van der Waals surface area contributed by atoms with Crippen molar-refractivity contribution in [1.29, 1.82) is 0 Å². The summed E-state index contributed by atoms with van der Waals surface area (Å²) in [5.74, 6) is 0.632. The lowest BCUT2D eigenvalue weighted by molar-refractivity contribution is 0.0999. The molecule has 1 aromatic carbocycles. The van der Waals surface area contributed by atoms with Crippen LogP contribution in [0.4, 0.5) is 5.69 Å². The number of amides is 1. The highest BCUT2D eigenvalue weighted by Crippen LogP contribution is 2.27. The topological polar surface area (TPSA) is 100 Å². The number of benzene rings is 1. The van der Waals surface area contributed by atoms with E-state index >= 15 is 0 Å². The van der Waals surface area contributed by atoms with Crippen molar-refractivity contribution in [3.63, 3.8) is 0 Å². The number of aryl methyl sites for hydroxylation is 1. The summed E-state index contributed by atoms with van der Waals surface area (Å²) in [4.78, 5) is 15.4. The summed E-state index contributed by atoms with van der Waals surface area (Å²) in [7, 11) is 1.49. The number of hydrogen-bond acceptors (Lipinski definition) is 5. The Morgan fingerprint density at radius 1 is 1.20 bits per heavy atom. The fourth-order valence-corrected chi connectivity index (χ4v) is 1.59. The van der Waals surface area contributed by atoms with Crippen LogP contribution in [0.1, 0.15) is 15.9 Å². The molecule has 2 rings (SSSR count). The number of rotatable bonds is 4. The molecule has 0 atom stereocenters. The third-order valence-corrected chi connectivity index (χ3v) is 2.74. The van der Waals surface area contributed by atoms with Crippen LogP contribution in [0, 0.1) is 6.92 Å². The van der Waals surface area contributed by atoms with Crippen LogP contribution in [-0.4, -0.2) is 18.0 Å². The molecule has 0 fully saturated rings. The van der Waals surface area contributed by atoms with Gasteiger partial charge in [-0.2, -0.15) is 0 Å². The highest BCUT2D eigenvalue weighted by atomic mass is 16.5. The summed E-state index contributed by atoms with van der Waals surface area (Å²) in [6.45, 7) is 1.85. The minimum atomic E-state index is -0.565. The molecule has 1 aromatic heterocycles. The number of aromatic nitrogens is 1. The summed E-state index contributed by atoms with van der Waals surface area (Å²) < 4.78 is 10.7. The summed E-state index contributed by atoms with van der Waals surface area (Å²) in [6, 6.07) is 6.29. The number of nitrogen functional groups attached to an aromatic ring is 1. The number of nitrogens with zero attached hydrogens (tertiary/aromatic N) is 1. The van der Waals surface area contributed by atoms with Gasteiger partial charge in [-0.3, -0.25) is 4.79 Å². The molecular weight excluding hydrogens is 258 g/mol. The number of pyridine rings is 1. The standard InChI is InChI=1S/C14H15N3O3/c1-8-7-17-13(6-12(8)15)20-11-4-9(14(16)18)3-10(5-11)19-2/h3-7H,1-2H3,(H2,15,17)(H2,16,18). The zero-order chi connectivity index (χ0) is 14.7. The molecule has 20 heavy (non-hydrogen) atoms. The second-order valence-electron chi connectivity index (χ2n) is 4.24. The Morgan fingerprint density at radius 2 is 1.90 bits per heavy atom. The van der Waals surface area contributed by atoms with Crippen molar-refractivity contribution in [2.75, 3.05) is 12.8 Å². The van der Waals surface area contributed by atoms with Crippen molar-refractivity contribution in [3.8, 4) is 17.4 Å². The fraction of sp³-hybridized carbons (Fsp3) is 0.143. The second kappa shape index (κ2) is 5.48. The van der Waals surface area contributed by atoms with Gasteiger partial charge in [0, 0.05) is 29.6 Å². The molecular formula is C14H15N3O3. The maximum absolute atomic E-state index is 11.2. The van der Waals surface area contributed by atoms with E-state index in [0.29, 0.717) is 28.6 Å². The van der Waals surface area contributed by atoms with Crippen molar-refractivity contribution >= 4 is 11.6 Å². The van der Waals surface area contributed by atoms with E-state index in [1.807, 2.05) is 6.92 Å². The van der Waals surface area contributed by atoms with Crippen LogP contribution < -0.4 is 20.9 Å². The maximum Gasteiger partial charge on any atom is 0.248 e. The number of methoxy groups -OCH3 is 1. The van der Waals surface area contributed by atoms with E-state index in [-0.39, 0.29) is 0 Å². The molecule has 0 aliphatic heterocycles. The lowest BCUT2D eigenvalue weighted by atomic mass is 10.2. The summed E-state index contributed by atoms with van der Waals surface area (Å²) >= 11 is 0. The van der Waals surface area contributed by atoms with E-state index in [1.54, 1.807) is 18.3 Å². The van der Waals surface area contributed by atoms with Crippen molar-refractivity contribution < 1.29 is 14.3 Å². The SMILES string of the molecule is COc1cc(Oc2cc(N)c(C)cn2)cc(C(N)=O)c1. The molecule has 104 valence electrons. The van der Waals surface area contributed by atoms with E-state index < -0.39 is 5.91 Å². The van der Waals surface area contributed by atoms with E-state index in [9.17, 15) is 4.79 Å². The van der Waals surface area contributed by atoms with Gasteiger partial charge < -0.3 is 20.9 Å². The van der Waals surface area contributed by atoms with Gasteiger partial charge in [0.2, 0.25) is 11.8 Å². The molecule has 4 N–H and O–H groups in total. The van der Waals surface area contributed by atoms with Gasteiger partial charge in [0.15, 0.2) is 0 Å². The van der Waals surface area contributed by atoms with Crippen molar-refractivity contribution in [2.45, 2.75) is 6.92 Å². The lowest BCUT2D eigenvalue weighted by Gasteiger charge is -2.09. The highest BCUT2D eigenvalue weighted by molar-refractivity contribution is 5.93. The van der Waals surface area contributed by atoms with Gasteiger partial charge in [0.1, 0.15) is 11.5 Å². The largest absolute Gasteiger partial charge is 0.497 e. The minimum absolute atomic E-state index is 0.291. The third kappa shape index (κ3) is 2.97. The summed E-state index contributed by atoms with van der Waals surface area (Å²) in [5, 5.41) is 0. The number of carbonyl (C=O) groups is 1. The first-order chi connectivity index (χ1) is 9.49. The molecule has 0 aliphatic carbocycles. The number of anilines is 1. The summed E-state index contributed by atoms with van der Waals surface area (Å²) in [5.41, 5.74) is 12.8. The highest BCUT2D eigenvalue weighted by Gasteiger charge is 2.08. The number of ether oxygens (including phenoxy) is 2. The van der Waals surface area contributed by atoms with Gasteiger partial charge in [-0.15, -0.1) is 0 Å². The van der Waals surface area contributed by atoms with E-state index in [2.05, 4.69) is 4.98 Å². The zero-order valence-corrected chi connectivity index (χ0v) is 11.2. The van der Waals surface area contributed by atoms with E-state index in [1.165, 1.54) is 19.2 Å².